The van der Waals surface area contributed by atoms with Gasteiger partial charge in [-0.25, -0.2) is 14.8 Å². The number of hydrogen-bond acceptors (Lipinski definition) is 5. The molecule has 0 unspecified atom stereocenters. The van der Waals surface area contributed by atoms with Crippen LogP contribution in [0.2, 0.25) is 0 Å². The molecule has 4 heterocycles. The zero-order chi connectivity index (χ0) is 31.4. The SMILES string of the molecule is [C-]#[N+]/C(c1nc2ccccc2s1)=c1/[nH]c(-c2ccccc2C)c2/c(=C(\C#N)c3nc4ccccc4s3)[nH]c(-c3ccccc3C)c12. The topological polar surface area (TPSA) is 85.5 Å². The lowest BCUT2D eigenvalue weighted by atomic mass is 10.0. The number of thiazole rings is 2. The van der Waals surface area contributed by atoms with Gasteiger partial charge in [-0.3, -0.25) is 0 Å². The lowest BCUT2D eigenvalue weighted by Gasteiger charge is -2.05. The highest BCUT2D eigenvalue weighted by molar-refractivity contribution is 7.20. The molecular weight excluding hydrogens is 605 g/mol. The van der Waals surface area contributed by atoms with Crippen molar-refractivity contribution in [3.8, 4) is 28.6 Å². The molecule has 0 bridgehead atoms. The van der Waals surface area contributed by atoms with Gasteiger partial charge in [0.2, 0.25) is 5.70 Å². The molecule has 0 aliphatic heterocycles. The molecule has 0 aliphatic rings. The van der Waals surface area contributed by atoms with Crippen molar-refractivity contribution >= 4 is 65.1 Å². The Kier molecular flexibility index (Phi) is 6.61. The van der Waals surface area contributed by atoms with E-state index in [0.717, 1.165) is 64.8 Å². The summed E-state index contributed by atoms with van der Waals surface area (Å²) in [5, 5.41) is 15.1. The Morgan fingerprint density at radius 3 is 1.70 bits per heavy atom. The summed E-state index contributed by atoms with van der Waals surface area (Å²) in [6.45, 7) is 12.6. The second-order valence-electron chi connectivity index (χ2n) is 11.1. The Labute approximate surface area is 272 Å². The second-order valence-corrected chi connectivity index (χ2v) is 13.1. The minimum absolute atomic E-state index is 0.435. The number of aromatic amines is 2. The van der Waals surface area contributed by atoms with Gasteiger partial charge < -0.3 is 9.97 Å². The number of rotatable bonds is 4. The highest BCUT2D eigenvalue weighted by Crippen LogP contribution is 2.36. The van der Waals surface area contributed by atoms with Crippen LogP contribution in [-0.4, -0.2) is 19.9 Å². The van der Waals surface area contributed by atoms with E-state index in [-0.39, 0.29) is 0 Å². The number of aromatic nitrogens is 4. The number of para-hydroxylation sites is 2. The summed E-state index contributed by atoms with van der Waals surface area (Å²) in [6, 6.07) is 34.7. The van der Waals surface area contributed by atoms with Crippen LogP contribution in [0, 0.1) is 31.8 Å². The average molecular weight is 629 g/mol. The first-order chi connectivity index (χ1) is 22.6. The van der Waals surface area contributed by atoms with Crippen molar-refractivity contribution in [3.05, 3.63) is 140 Å². The van der Waals surface area contributed by atoms with Gasteiger partial charge in [-0.1, -0.05) is 72.8 Å². The Morgan fingerprint density at radius 2 is 1.15 bits per heavy atom. The minimum Gasteiger partial charge on any atom is -0.363 e. The van der Waals surface area contributed by atoms with Gasteiger partial charge >= 0.3 is 0 Å². The molecular formula is C38H24N6S2. The zero-order valence-corrected chi connectivity index (χ0v) is 26.5. The summed E-state index contributed by atoms with van der Waals surface area (Å²) >= 11 is 3.01. The molecule has 4 aromatic carbocycles. The predicted octanol–water partition coefficient (Wildman–Crippen LogP) is 8.46. The number of hydrogen-bond donors (Lipinski definition) is 2. The summed E-state index contributed by atoms with van der Waals surface area (Å²) in [5.74, 6) is 0. The maximum Gasteiger partial charge on any atom is 0.245 e. The molecule has 8 rings (SSSR count). The van der Waals surface area contributed by atoms with Crippen LogP contribution in [0.25, 0.3) is 69.8 Å². The smallest absolute Gasteiger partial charge is 0.245 e. The van der Waals surface area contributed by atoms with E-state index in [4.69, 9.17) is 16.5 Å². The normalized spacial score (nSPS) is 12.8. The van der Waals surface area contributed by atoms with E-state index in [1.807, 2.05) is 72.8 Å². The first-order valence-corrected chi connectivity index (χ1v) is 16.3. The highest BCUT2D eigenvalue weighted by Gasteiger charge is 2.24. The number of aryl methyl sites for hydroxylation is 2. The molecule has 46 heavy (non-hydrogen) atoms. The molecule has 218 valence electrons. The third-order valence-corrected chi connectivity index (χ3v) is 10.4. The molecule has 0 saturated heterocycles. The lowest BCUT2D eigenvalue weighted by Crippen LogP contribution is -2.10. The van der Waals surface area contributed by atoms with Gasteiger partial charge in [0.05, 0.1) is 49.1 Å². The number of fused-ring (bicyclic) bond motifs is 3. The second kappa shape index (κ2) is 11.0. The summed E-state index contributed by atoms with van der Waals surface area (Å²) in [7, 11) is 0. The molecule has 4 aromatic heterocycles. The van der Waals surface area contributed by atoms with Crippen molar-refractivity contribution in [2.45, 2.75) is 13.8 Å². The van der Waals surface area contributed by atoms with Gasteiger partial charge in [0.15, 0.2) is 0 Å². The van der Waals surface area contributed by atoms with E-state index >= 15 is 0 Å². The van der Waals surface area contributed by atoms with Crippen molar-refractivity contribution in [2.75, 3.05) is 0 Å². The monoisotopic (exact) mass is 628 g/mol. The van der Waals surface area contributed by atoms with E-state index in [2.05, 4.69) is 59.0 Å². The number of nitrogens with zero attached hydrogens (tertiary/aromatic N) is 4. The van der Waals surface area contributed by atoms with Crippen molar-refractivity contribution < 1.29 is 0 Å². The van der Waals surface area contributed by atoms with Crippen LogP contribution < -0.4 is 10.7 Å². The lowest BCUT2D eigenvalue weighted by molar-refractivity contribution is 1.26. The van der Waals surface area contributed by atoms with Crippen LogP contribution >= 0.6 is 22.7 Å². The Morgan fingerprint density at radius 1 is 0.674 bits per heavy atom. The van der Waals surface area contributed by atoms with Gasteiger partial charge in [0.1, 0.15) is 21.7 Å². The third kappa shape index (κ3) is 4.35. The molecule has 0 radical (unpaired) electrons. The Bertz CT molecular complexity index is 2450. The molecule has 0 spiro atoms. The van der Waals surface area contributed by atoms with Gasteiger partial charge in [-0.2, -0.15) is 5.26 Å². The summed E-state index contributed by atoms with van der Waals surface area (Å²) in [5.41, 5.74) is 8.41. The van der Waals surface area contributed by atoms with Crippen LogP contribution in [0.4, 0.5) is 0 Å². The third-order valence-electron chi connectivity index (χ3n) is 8.29. The first-order valence-electron chi connectivity index (χ1n) is 14.7. The summed E-state index contributed by atoms with van der Waals surface area (Å²) < 4.78 is 2.03. The van der Waals surface area contributed by atoms with Gasteiger partial charge in [0, 0.05) is 21.9 Å². The zero-order valence-electron chi connectivity index (χ0n) is 24.8. The fourth-order valence-corrected chi connectivity index (χ4v) is 8.03. The number of H-pyrrole nitrogens is 2. The average Bonchev–Trinajstić information content (AvgIpc) is 3.86. The summed E-state index contributed by atoms with van der Waals surface area (Å²) in [6.07, 6.45) is 0. The van der Waals surface area contributed by atoms with Crippen molar-refractivity contribution in [2.24, 2.45) is 0 Å². The fourth-order valence-electron chi connectivity index (χ4n) is 6.10. The van der Waals surface area contributed by atoms with Gasteiger partial charge in [-0.15, -0.1) is 22.7 Å². The molecule has 0 amide bonds. The van der Waals surface area contributed by atoms with Crippen LogP contribution in [-0.2, 0) is 0 Å². The minimum atomic E-state index is 0.435. The molecule has 8 heteroatoms. The molecule has 0 fully saturated rings. The van der Waals surface area contributed by atoms with Crippen LogP contribution in [0.5, 0.6) is 0 Å². The Hall–Kier alpha value is -5.80. The fraction of sp³-hybridized carbons (Fsp3) is 0.0526. The van der Waals surface area contributed by atoms with E-state index in [9.17, 15) is 5.26 Å². The van der Waals surface area contributed by atoms with Gasteiger partial charge in [-0.05, 0) is 49.2 Å². The molecule has 2 N–H and O–H groups in total. The predicted molar refractivity (Wildman–Crippen MR) is 189 cm³/mol. The largest absolute Gasteiger partial charge is 0.363 e. The summed E-state index contributed by atoms with van der Waals surface area (Å²) in [4.78, 5) is 21.3. The van der Waals surface area contributed by atoms with Crippen molar-refractivity contribution in [3.63, 3.8) is 0 Å². The van der Waals surface area contributed by atoms with E-state index in [1.54, 1.807) is 0 Å². The van der Waals surface area contributed by atoms with Gasteiger partial charge in [0.25, 0.3) is 0 Å². The standard InChI is InChI=1S/C38H24N6S2/c1-21-12-4-6-14-23(21)32-30-31(35(44-32)36(40-3)38-42-27-17-9-11-19-29(27)46-38)33(24-15-7-5-13-22(24)2)43-34(30)25(20-39)37-41-26-16-8-10-18-28(26)45-37/h4-19,43-44H,1-2H3/b34-25-,36-35+. The van der Waals surface area contributed by atoms with Crippen molar-refractivity contribution in [1.82, 2.24) is 19.9 Å². The molecule has 6 nitrogen and oxygen atoms in total. The van der Waals surface area contributed by atoms with Crippen molar-refractivity contribution in [1.29, 1.82) is 5.26 Å². The maximum atomic E-state index is 10.8. The van der Waals surface area contributed by atoms with E-state index in [1.165, 1.54) is 22.7 Å². The van der Waals surface area contributed by atoms with Crippen LogP contribution in [0.15, 0.2) is 97.1 Å². The first kappa shape index (κ1) is 27.7. The van der Waals surface area contributed by atoms with Crippen LogP contribution in [0.3, 0.4) is 0 Å². The van der Waals surface area contributed by atoms with E-state index in [0.29, 0.717) is 32.0 Å². The Balaban J connectivity index is 1.61. The number of benzene rings is 4. The number of nitriles is 1. The number of nitrogens with one attached hydrogen (secondary N) is 2. The maximum absolute atomic E-state index is 10.8. The molecule has 0 saturated carbocycles. The molecule has 0 aliphatic carbocycles. The quantitative estimate of drug-likeness (QED) is 0.192. The van der Waals surface area contributed by atoms with Crippen LogP contribution in [0.1, 0.15) is 21.1 Å². The van der Waals surface area contributed by atoms with E-state index < -0.39 is 0 Å². The molecule has 8 aromatic rings. The molecule has 0 atom stereocenters. The highest BCUT2D eigenvalue weighted by atomic mass is 32.1.